The zero-order valence-corrected chi connectivity index (χ0v) is 17.0. The molecule has 0 radical (unpaired) electrons. The summed E-state index contributed by atoms with van der Waals surface area (Å²) in [6.07, 6.45) is 1.95. The number of piperidine rings is 1. The van der Waals surface area contributed by atoms with Crippen LogP contribution >= 0.6 is 0 Å². The lowest BCUT2D eigenvalue weighted by Crippen LogP contribution is -2.54. The van der Waals surface area contributed by atoms with Gasteiger partial charge in [-0.05, 0) is 53.1 Å². The van der Waals surface area contributed by atoms with Gasteiger partial charge in [0.1, 0.15) is 5.60 Å². The van der Waals surface area contributed by atoms with Gasteiger partial charge in [-0.25, -0.2) is 4.79 Å². The molecule has 2 atom stereocenters. The summed E-state index contributed by atoms with van der Waals surface area (Å²) in [7, 11) is 2.09. The van der Waals surface area contributed by atoms with Gasteiger partial charge < -0.3 is 25.0 Å². The number of likely N-dealkylation sites (N-methyl/N-ethyl adjacent to an activating group) is 1. The second-order valence-electron chi connectivity index (χ2n) is 8.66. The summed E-state index contributed by atoms with van der Waals surface area (Å²) in [5.74, 6) is 0.598. The molecule has 7 nitrogen and oxygen atoms in total. The smallest absolute Gasteiger partial charge is 0.410 e. The Hall–Kier alpha value is -0.890. The van der Waals surface area contributed by atoms with Gasteiger partial charge in [-0.1, -0.05) is 0 Å². The molecule has 2 aliphatic rings. The number of aliphatic hydroxyl groups excluding tert-OH is 1. The standard InChI is InChI=1S/C19H38N4O3/c1-19(2,3)26-18(25)23-9-5-8-22(10-11-23)17-14-20-7-6-16(17)15-21(4)12-13-24/h16-17,20,24H,5-15H2,1-4H3. The molecular weight excluding hydrogens is 332 g/mol. The maximum Gasteiger partial charge on any atom is 0.410 e. The first kappa shape index (κ1) is 21.4. The van der Waals surface area contributed by atoms with Gasteiger partial charge in [0.05, 0.1) is 6.61 Å². The molecule has 0 aromatic carbocycles. The summed E-state index contributed by atoms with van der Waals surface area (Å²) in [5.41, 5.74) is -0.446. The highest BCUT2D eigenvalue weighted by atomic mass is 16.6. The summed E-state index contributed by atoms with van der Waals surface area (Å²) in [6.45, 7) is 13.2. The Kier molecular flexibility index (Phi) is 8.13. The number of ether oxygens (including phenoxy) is 1. The second-order valence-corrected chi connectivity index (χ2v) is 8.66. The number of amides is 1. The molecule has 0 aliphatic carbocycles. The molecule has 2 fully saturated rings. The van der Waals surface area contributed by atoms with Crippen LogP contribution in [0.25, 0.3) is 0 Å². The second kappa shape index (κ2) is 9.88. The Morgan fingerprint density at radius 1 is 1.27 bits per heavy atom. The van der Waals surface area contributed by atoms with Gasteiger partial charge in [0.2, 0.25) is 0 Å². The highest BCUT2D eigenvalue weighted by molar-refractivity contribution is 5.68. The maximum atomic E-state index is 12.4. The Morgan fingerprint density at radius 2 is 2.04 bits per heavy atom. The summed E-state index contributed by atoms with van der Waals surface area (Å²) >= 11 is 0. The Labute approximate surface area is 158 Å². The van der Waals surface area contributed by atoms with Gasteiger partial charge in [0.15, 0.2) is 0 Å². The van der Waals surface area contributed by atoms with Gasteiger partial charge >= 0.3 is 6.09 Å². The average molecular weight is 371 g/mol. The molecule has 1 amide bonds. The van der Waals surface area contributed by atoms with Crippen LogP contribution in [0.3, 0.4) is 0 Å². The summed E-state index contributed by atoms with van der Waals surface area (Å²) < 4.78 is 5.54. The fourth-order valence-corrected chi connectivity index (χ4v) is 3.98. The van der Waals surface area contributed by atoms with E-state index >= 15 is 0 Å². The van der Waals surface area contributed by atoms with Crippen LogP contribution < -0.4 is 5.32 Å². The molecule has 2 unspecified atom stereocenters. The van der Waals surface area contributed by atoms with Crippen LogP contribution in [0.5, 0.6) is 0 Å². The molecule has 2 saturated heterocycles. The SMILES string of the molecule is CN(CCO)CC1CCNCC1N1CCCN(C(=O)OC(C)(C)C)CC1. The van der Waals surface area contributed by atoms with E-state index in [1.54, 1.807) is 0 Å². The van der Waals surface area contributed by atoms with Crippen LogP contribution in [0.4, 0.5) is 4.79 Å². The molecule has 0 spiro atoms. The molecular formula is C19H38N4O3. The predicted octanol–water partition coefficient (Wildman–Crippen LogP) is 0.831. The van der Waals surface area contributed by atoms with Crippen molar-refractivity contribution in [1.82, 2.24) is 20.0 Å². The quantitative estimate of drug-likeness (QED) is 0.747. The van der Waals surface area contributed by atoms with Crippen LogP contribution in [0, 0.1) is 5.92 Å². The van der Waals surface area contributed by atoms with E-state index < -0.39 is 5.60 Å². The van der Waals surface area contributed by atoms with Crippen molar-refractivity contribution in [2.75, 3.05) is 66.0 Å². The number of aliphatic hydroxyl groups is 1. The molecule has 0 bridgehead atoms. The minimum Gasteiger partial charge on any atom is -0.444 e. The number of hydrogen-bond acceptors (Lipinski definition) is 6. The van der Waals surface area contributed by atoms with Crippen LogP contribution in [0.15, 0.2) is 0 Å². The van der Waals surface area contributed by atoms with Crippen molar-refractivity contribution >= 4 is 6.09 Å². The van der Waals surface area contributed by atoms with Crippen molar-refractivity contribution in [2.45, 2.75) is 45.3 Å². The number of nitrogens with zero attached hydrogens (tertiary/aromatic N) is 3. The predicted molar refractivity (Wildman–Crippen MR) is 103 cm³/mol. The van der Waals surface area contributed by atoms with E-state index in [-0.39, 0.29) is 12.7 Å². The van der Waals surface area contributed by atoms with Gasteiger partial charge in [0, 0.05) is 51.9 Å². The zero-order chi connectivity index (χ0) is 19.2. The van der Waals surface area contributed by atoms with Crippen LogP contribution in [-0.2, 0) is 4.74 Å². The monoisotopic (exact) mass is 370 g/mol. The van der Waals surface area contributed by atoms with Crippen molar-refractivity contribution in [2.24, 2.45) is 5.92 Å². The fourth-order valence-electron chi connectivity index (χ4n) is 3.98. The first-order valence-corrected chi connectivity index (χ1v) is 10.0. The van der Waals surface area contributed by atoms with Crippen molar-refractivity contribution in [3.63, 3.8) is 0 Å². The van der Waals surface area contributed by atoms with Crippen molar-refractivity contribution in [3.8, 4) is 0 Å². The minimum absolute atomic E-state index is 0.194. The summed E-state index contributed by atoms with van der Waals surface area (Å²) in [6, 6.07) is 0.489. The summed E-state index contributed by atoms with van der Waals surface area (Å²) in [5, 5.41) is 12.7. The minimum atomic E-state index is -0.446. The van der Waals surface area contributed by atoms with Crippen LogP contribution in [0.2, 0.25) is 0 Å². The Morgan fingerprint density at radius 3 is 2.73 bits per heavy atom. The molecule has 7 heteroatoms. The highest BCUT2D eigenvalue weighted by Gasteiger charge is 2.33. The van der Waals surface area contributed by atoms with Gasteiger partial charge in [-0.15, -0.1) is 0 Å². The number of rotatable bonds is 5. The molecule has 2 aliphatic heterocycles. The third-order valence-electron chi connectivity index (χ3n) is 5.27. The Bertz CT molecular complexity index is 441. The molecule has 152 valence electrons. The van der Waals surface area contributed by atoms with E-state index in [9.17, 15) is 4.79 Å². The van der Waals surface area contributed by atoms with Crippen molar-refractivity contribution < 1.29 is 14.6 Å². The molecule has 2 N–H and O–H groups in total. The van der Waals surface area contributed by atoms with E-state index in [4.69, 9.17) is 9.84 Å². The molecule has 2 rings (SSSR count). The zero-order valence-electron chi connectivity index (χ0n) is 17.0. The third kappa shape index (κ3) is 6.68. The lowest BCUT2D eigenvalue weighted by Gasteiger charge is -2.41. The number of nitrogens with one attached hydrogen (secondary N) is 1. The van der Waals surface area contributed by atoms with E-state index in [2.05, 4.69) is 22.2 Å². The van der Waals surface area contributed by atoms with E-state index in [1.165, 1.54) is 0 Å². The third-order valence-corrected chi connectivity index (χ3v) is 5.27. The van der Waals surface area contributed by atoms with E-state index in [1.807, 2.05) is 25.7 Å². The molecule has 2 heterocycles. The van der Waals surface area contributed by atoms with Crippen molar-refractivity contribution in [3.05, 3.63) is 0 Å². The van der Waals surface area contributed by atoms with Gasteiger partial charge in [-0.3, -0.25) is 4.90 Å². The maximum absolute atomic E-state index is 12.4. The molecule has 0 aromatic rings. The van der Waals surface area contributed by atoms with Crippen LogP contribution in [0.1, 0.15) is 33.6 Å². The van der Waals surface area contributed by atoms with E-state index in [0.29, 0.717) is 12.0 Å². The van der Waals surface area contributed by atoms with E-state index in [0.717, 1.165) is 65.2 Å². The topological polar surface area (TPSA) is 68.3 Å². The Balaban J connectivity index is 1.92. The molecule has 0 saturated carbocycles. The van der Waals surface area contributed by atoms with Crippen LogP contribution in [-0.4, -0.2) is 104 Å². The highest BCUT2D eigenvalue weighted by Crippen LogP contribution is 2.21. The van der Waals surface area contributed by atoms with Gasteiger partial charge in [0.25, 0.3) is 0 Å². The largest absolute Gasteiger partial charge is 0.444 e. The average Bonchev–Trinajstić information content (AvgIpc) is 2.80. The van der Waals surface area contributed by atoms with Gasteiger partial charge in [-0.2, -0.15) is 0 Å². The fraction of sp³-hybridized carbons (Fsp3) is 0.947. The molecule has 26 heavy (non-hydrogen) atoms. The molecule has 0 aromatic heterocycles. The number of carbonyl (C=O) groups is 1. The number of carbonyl (C=O) groups excluding carboxylic acids is 1. The lowest BCUT2D eigenvalue weighted by atomic mass is 9.90. The summed E-state index contributed by atoms with van der Waals surface area (Å²) in [4.78, 5) is 19.0. The van der Waals surface area contributed by atoms with Crippen molar-refractivity contribution in [1.29, 1.82) is 0 Å². The first-order chi connectivity index (χ1) is 12.3. The normalized spacial score (nSPS) is 26.0. The lowest BCUT2D eigenvalue weighted by molar-refractivity contribution is 0.0249. The number of hydrogen-bond donors (Lipinski definition) is 2. The first-order valence-electron chi connectivity index (χ1n) is 10.0.